The summed E-state index contributed by atoms with van der Waals surface area (Å²) in [6, 6.07) is -17.0. The third kappa shape index (κ3) is 5.25. The van der Waals surface area contributed by atoms with Crippen molar-refractivity contribution in [2.75, 3.05) is 4.90 Å². The Morgan fingerprint density at radius 1 is 0.288 bits per heavy atom. The second kappa shape index (κ2) is 15.1. The molecular formula is C72H45N. The van der Waals surface area contributed by atoms with Crippen molar-refractivity contribution in [3.63, 3.8) is 0 Å². The Morgan fingerprint density at radius 3 is 1.53 bits per heavy atom. The van der Waals surface area contributed by atoms with E-state index < -0.39 is 322 Å². The highest BCUT2D eigenvalue weighted by atomic mass is 15.1. The molecule has 0 bridgehead atoms. The van der Waals surface area contributed by atoms with E-state index in [9.17, 15) is 30.2 Å². The van der Waals surface area contributed by atoms with Gasteiger partial charge >= 0.3 is 0 Å². The predicted octanol–water partition coefficient (Wildman–Crippen LogP) is 18.3. The van der Waals surface area contributed by atoms with Crippen molar-refractivity contribution in [2.24, 2.45) is 0 Å². The Balaban J connectivity index is 1.04. The summed E-state index contributed by atoms with van der Waals surface area (Å²) in [5.41, 5.74) is -16.2. The number of rotatable bonds is 5. The molecule has 16 rings (SSSR count). The monoisotopic (exact) mass is 959 g/mol. The highest BCUT2D eigenvalue weighted by molar-refractivity contribution is 6.06. The van der Waals surface area contributed by atoms with E-state index in [4.69, 9.17) is 17.8 Å². The summed E-state index contributed by atoms with van der Waals surface area (Å²) in [7, 11) is 0. The van der Waals surface area contributed by atoms with E-state index in [-0.39, 0.29) is 39.5 Å². The average Bonchev–Trinajstić information content (AvgIpc) is 1.48. The maximum atomic E-state index is 10.8. The molecule has 0 heterocycles. The van der Waals surface area contributed by atoms with E-state index in [0.29, 0.717) is 0 Å². The van der Waals surface area contributed by atoms with Crippen LogP contribution in [0.1, 0.15) is 92.5 Å². The Labute approximate surface area is 474 Å². The summed E-state index contributed by atoms with van der Waals surface area (Å²) in [5, 5.41) is -0.856. The molecule has 0 aromatic heterocycles. The standard InChI is InChI=1S/C72H45N/c1-2-20-49(21-3-1)73(68-36-18-35-66-70(68)59-28-11-17-34-65(59)71(66)60-29-12-6-23-53(60)54-24-7-13-30-61(54)71)50-41-37-47(38-42-50)52-43-39-46-19-4-5-22-51(46)69(52)48-40-44-58-57-27-10-16-33-64(57)72(67(58)45-48)62-31-14-8-25-55(62)56-26-9-15-32-63(56)72/h1-45H/i2D,4D,5D,6D,7D,8D,9D,10D,11D,12D,13D,14D,15D,16D,17D,19D,21D,22D,23D,24D,25D,26D,27D,28D,29D,30D,31D,34D,35D,37D,38D,40D,41D,44D,45D. The third-order valence-electron chi connectivity index (χ3n) is 14.3. The fourth-order valence-electron chi connectivity index (χ4n) is 11.5. The van der Waals surface area contributed by atoms with Gasteiger partial charge in [0.25, 0.3) is 0 Å². The van der Waals surface area contributed by atoms with Crippen molar-refractivity contribution in [2.45, 2.75) is 10.8 Å². The zero-order valence-corrected chi connectivity index (χ0v) is 37.2. The summed E-state index contributed by atoms with van der Waals surface area (Å²) >= 11 is 0. The molecule has 0 radical (unpaired) electrons. The lowest BCUT2D eigenvalue weighted by Crippen LogP contribution is -2.26. The summed E-state index contributed by atoms with van der Waals surface area (Å²) in [6.45, 7) is 0. The third-order valence-corrected chi connectivity index (χ3v) is 14.3. The minimum absolute atomic E-state index is 0.281. The maximum Gasteiger partial charge on any atom is 0.0726 e. The van der Waals surface area contributed by atoms with Gasteiger partial charge in [-0.15, -0.1) is 0 Å². The number of fused-ring (bicyclic) bond motifs is 21. The maximum absolute atomic E-state index is 10.8. The lowest BCUT2D eigenvalue weighted by Gasteiger charge is -2.32. The van der Waals surface area contributed by atoms with Crippen LogP contribution in [0.25, 0.3) is 77.5 Å². The molecule has 4 aliphatic carbocycles. The fraction of sp³-hybridized carbons (Fsp3) is 0.0278. The Hall–Kier alpha value is -9.30. The molecule has 1 atom stereocenters. The Kier molecular flexibility index (Phi) is 4.01. The quantitative estimate of drug-likeness (QED) is 0.166. The number of anilines is 3. The zero-order valence-electron chi connectivity index (χ0n) is 72.2. The van der Waals surface area contributed by atoms with Gasteiger partial charge in [-0.25, -0.2) is 0 Å². The second-order valence-corrected chi connectivity index (χ2v) is 17.5. The average molecular weight is 959 g/mol. The van der Waals surface area contributed by atoms with E-state index in [1.807, 2.05) is 0 Å². The van der Waals surface area contributed by atoms with E-state index in [1.54, 1.807) is 0 Å². The first kappa shape index (κ1) is 19.4. The molecule has 1 heteroatoms. The molecule has 4 aliphatic rings. The fourth-order valence-corrected chi connectivity index (χ4v) is 11.5. The molecule has 1 unspecified atom stereocenters. The van der Waals surface area contributed by atoms with Gasteiger partial charge in [-0.2, -0.15) is 0 Å². The van der Waals surface area contributed by atoms with E-state index >= 15 is 0 Å². The molecular weight excluding hydrogens is 879 g/mol. The van der Waals surface area contributed by atoms with Crippen LogP contribution >= 0.6 is 0 Å². The molecule has 12 aromatic rings. The lowest BCUT2D eigenvalue weighted by molar-refractivity contribution is 0.794. The van der Waals surface area contributed by atoms with Crippen LogP contribution in [0.3, 0.4) is 0 Å². The topological polar surface area (TPSA) is 3.24 Å². The molecule has 338 valence electrons. The molecule has 73 heavy (non-hydrogen) atoms. The number of nitrogens with zero attached hydrogens (tertiary/aromatic N) is 1. The highest BCUT2D eigenvalue weighted by Gasteiger charge is 2.53. The van der Waals surface area contributed by atoms with E-state index in [1.165, 1.54) is 18.2 Å². The zero-order chi connectivity index (χ0) is 78.3. The van der Waals surface area contributed by atoms with Gasteiger partial charge in [0, 0.05) is 16.9 Å². The Bertz CT molecular complexity index is 6320. The highest BCUT2D eigenvalue weighted by Crippen LogP contribution is 2.66. The largest absolute Gasteiger partial charge is 0.310 e. The SMILES string of the molecule is [2H]c1ccc([2H])c(N(c2cc([2H])c(-c3ccc4c([2H])c([2H])c([2H])c([2H])c4c3-c3c([2H])c([2H])c4c(c3[2H])C3(c5cc([2H])c([2H])c([2H])c5-c5c([2H])c([2H])c([2H])c([2H])c53)c3cc([2H])c([2H])c([2H])c3-4)c([2H])c2[2H])c2ccc([2H])c3c2-c2c([2H])c([2H])c([2H])c([2H])c2C32c3c([2H])c([2H])c([2H])c([2H])c3-c3c([2H])c([2H])c([2H])c([2H])c32)c1. The number of para-hydroxylation sites is 1. The van der Waals surface area contributed by atoms with Crippen LogP contribution < -0.4 is 4.90 Å². The van der Waals surface area contributed by atoms with Crippen LogP contribution in [0.15, 0.2) is 272 Å². The Morgan fingerprint density at radius 2 is 0.836 bits per heavy atom. The first-order valence-corrected chi connectivity index (χ1v) is 22.7. The van der Waals surface area contributed by atoms with Crippen molar-refractivity contribution in [3.05, 3.63) is 317 Å². The van der Waals surface area contributed by atoms with Gasteiger partial charge < -0.3 is 4.90 Å². The molecule has 0 fully saturated rings. The van der Waals surface area contributed by atoms with Crippen molar-refractivity contribution in [1.82, 2.24) is 0 Å². The van der Waals surface area contributed by atoms with Gasteiger partial charge in [0.2, 0.25) is 0 Å². The summed E-state index contributed by atoms with van der Waals surface area (Å²) in [6.07, 6.45) is 0. The summed E-state index contributed by atoms with van der Waals surface area (Å²) in [5.74, 6) is 0. The van der Waals surface area contributed by atoms with Crippen LogP contribution in [0.4, 0.5) is 17.1 Å². The molecule has 12 aromatic carbocycles. The van der Waals surface area contributed by atoms with Crippen LogP contribution in [0, 0.1) is 0 Å². The number of hydrogen-bond donors (Lipinski definition) is 0. The van der Waals surface area contributed by atoms with Crippen molar-refractivity contribution >= 4 is 27.8 Å². The molecule has 0 amide bonds. The van der Waals surface area contributed by atoms with E-state index in [0.717, 1.165) is 47.4 Å². The normalized spacial score (nSPS) is 22.0. The molecule has 0 aliphatic heterocycles. The van der Waals surface area contributed by atoms with Crippen LogP contribution in [-0.2, 0) is 10.8 Å². The van der Waals surface area contributed by atoms with Gasteiger partial charge in [-0.05, 0) is 153 Å². The van der Waals surface area contributed by atoms with E-state index in [2.05, 4.69) is 0 Å². The molecule has 2 spiro atoms. The lowest BCUT2D eigenvalue weighted by atomic mass is 9.70. The molecule has 0 N–H and O–H groups in total. The second-order valence-electron chi connectivity index (χ2n) is 17.5. The summed E-state index contributed by atoms with van der Waals surface area (Å²) in [4.78, 5) is 1.05. The van der Waals surface area contributed by atoms with Crippen LogP contribution in [0.2, 0.25) is 0 Å². The van der Waals surface area contributed by atoms with Crippen LogP contribution in [-0.4, -0.2) is 0 Å². The first-order chi connectivity index (χ1) is 50.7. The van der Waals surface area contributed by atoms with Crippen molar-refractivity contribution in [3.8, 4) is 66.8 Å². The van der Waals surface area contributed by atoms with Gasteiger partial charge in [0.1, 0.15) is 0 Å². The van der Waals surface area contributed by atoms with Crippen LogP contribution in [0.5, 0.6) is 0 Å². The minimum Gasteiger partial charge on any atom is -0.310 e. The smallest absolute Gasteiger partial charge is 0.0726 e. The first-order valence-electron chi connectivity index (χ1n) is 40.2. The van der Waals surface area contributed by atoms with Gasteiger partial charge in [0.05, 0.1) is 64.5 Å². The molecule has 0 saturated heterocycles. The van der Waals surface area contributed by atoms with Gasteiger partial charge in [-0.3, -0.25) is 0 Å². The van der Waals surface area contributed by atoms with Gasteiger partial charge in [-0.1, -0.05) is 236 Å². The molecule has 1 nitrogen and oxygen atoms in total. The summed E-state index contributed by atoms with van der Waals surface area (Å²) < 4.78 is 333. The molecule has 0 saturated carbocycles. The number of benzene rings is 12. The van der Waals surface area contributed by atoms with Crippen molar-refractivity contribution < 1.29 is 48.0 Å². The van der Waals surface area contributed by atoms with Crippen molar-refractivity contribution in [1.29, 1.82) is 0 Å². The predicted molar refractivity (Wildman–Crippen MR) is 302 cm³/mol. The minimum atomic E-state index is -2.70. The number of hydrogen-bond acceptors (Lipinski definition) is 1. The van der Waals surface area contributed by atoms with Gasteiger partial charge in [0.15, 0.2) is 0 Å².